The Hall–Kier alpha value is -1.63. The van der Waals surface area contributed by atoms with E-state index in [0.29, 0.717) is 23.5 Å². The molecular formula is C26H39NO4Si2. The molecule has 0 spiro atoms. The average Bonchev–Trinajstić information content (AvgIpc) is 2.97. The summed E-state index contributed by atoms with van der Waals surface area (Å²) < 4.78 is 12.9. The van der Waals surface area contributed by atoms with Gasteiger partial charge in [0.25, 0.3) is 0 Å². The second kappa shape index (κ2) is 7.96. The number of nitrogens with zero attached hydrogens (tertiary/aromatic N) is 1. The van der Waals surface area contributed by atoms with Crippen LogP contribution in [0, 0.1) is 39.7 Å². The number of hydrogen-bond acceptors (Lipinski definition) is 4. The third kappa shape index (κ3) is 4.19. The maximum absolute atomic E-state index is 12.0. The molecule has 5 nitrogen and oxygen atoms in total. The minimum atomic E-state index is -1.96. The van der Waals surface area contributed by atoms with Crippen LogP contribution in [-0.2, 0) is 10.8 Å². The number of aryl methyl sites for hydroxylation is 1. The van der Waals surface area contributed by atoms with E-state index in [-0.39, 0.29) is 16.0 Å². The molecule has 0 amide bonds. The molecule has 3 aliphatic rings. The van der Waals surface area contributed by atoms with E-state index in [1.807, 2.05) is 12.1 Å². The molecule has 7 heteroatoms. The molecule has 0 N–H and O–H groups in total. The van der Waals surface area contributed by atoms with Crippen LogP contribution in [0.25, 0.3) is 0 Å². The van der Waals surface area contributed by atoms with Gasteiger partial charge in [0, 0.05) is 11.5 Å². The molecule has 1 aromatic rings. The van der Waals surface area contributed by atoms with Crippen LogP contribution in [-0.4, -0.2) is 27.2 Å². The Balaban J connectivity index is 1.70. The van der Waals surface area contributed by atoms with Crippen LogP contribution >= 0.6 is 0 Å². The minimum Gasteiger partial charge on any atom is -0.540 e. The summed E-state index contributed by atoms with van der Waals surface area (Å²) in [6, 6.07) is 3.82. The van der Waals surface area contributed by atoms with Gasteiger partial charge in [-0.3, -0.25) is 10.1 Å². The Kier molecular flexibility index (Phi) is 5.91. The minimum absolute atomic E-state index is 0.0342. The van der Waals surface area contributed by atoms with Crippen LogP contribution in [0.2, 0.25) is 39.3 Å². The Labute approximate surface area is 201 Å². The standard InChI is InChI=1S/C26H39NO4Si2/c1-9-26(31-33(6,7)8)15-13-22-20-11-10-18-16-24(30-32(3,4)5)23(27(28)29)17-21(18)19(20)12-14-25(22,26)2/h1,16-17,19-20,22H,10-15H2,2-8H3/t19-,20+,22-,25-,26-/m0/s1. The molecule has 5 atom stereocenters. The van der Waals surface area contributed by atoms with Gasteiger partial charge in [-0.2, -0.15) is 0 Å². The topological polar surface area (TPSA) is 61.6 Å². The zero-order valence-corrected chi connectivity index (χ0v) is 23.3. The quantitative estimate of drug-likeness (QED) is 0.197. The SMILES string of the molecule is C#C[C@]1(O[Si](C)(C)C)CC[C@H]2[C@@H]3CCc4cc(O[Si](C)(C)C)c([N+](=O)[O-])cc4[C@H]3CC[C@@]21C. The zero-order valence-electron chi connectivity index (χ0n) is 21.3. The van der Waals surface area contributed by atoms with E-state index in [2.05, 4.69) is 52.1 Å². The molecule has 0 radical (unpaired) electrons. The lowest BCUT2D eigenvalue weighted by molar-refractivity contribution is -0.385. The molecular weight excluding hydrogens is 446 g/mol. The van der Waals surface area contributed by atoms with Gasteiger partial charge in [0.05, 0.1) is 4.92 Å². The van der Waals surface area contributed by atoms with Gasteiger partial charge >= 0.3 is 5.69 Å². The first-order valence-electron chi connectivity index (χ1n) is 12.4. The first-order chi connectivity index (χ1) is 15.2. The molecule has 0 heterocycles. The lowest BCUT2D eigenvalue weighted by Crippen LogP contribution is -2.54. The molecule has 1 aromatic carbocycles. The van der Waals surface area contributed by atoms with Crippen molar-refractivity contribution >= 4 is 22.3 Å². The van der Waals surface area contributed by atoms with Crippen molar-refractivity contribution < 1.29 is 13.8 Å². The summed E-state index contributed by atoms with van der Waals surface area (Å²) in [5.74, 6) is 4.95. The Morgan fingerprint density at radius 3 is 2.36 bits per heavy atom. The van der Waals surface area contributed by atoms with Crippen LogP contribution in [0.5, 0.6) is 5.75 Å². The summed E-state index contributed by atoms with van der Waals surface area (Å²) in [5.41, 5.74) is 2.02. The summed E-state index contributed by atoms with van der Waals surface area (Å²) in [7, 11) is -3.77. The monoisotopic (exact) mass is 485 g/mol. The highest BCUT2D eigenvalue weighted by Gasteiger charge is 2.63. The predicted octanol–water partition coefficient (Wildman–Crippen LogP) is 6.89. The van der Waals surface area contributed by atoms with E-state index in [1.54, 1.807) is 0 Å². The van der Waals surface area contributed by atoms with Gasteiger partial charge in [-0.15, -0.1) is 6.42 Å². The summed E-state index contributed by atoms with van der Waals surface area (Å²) in [6.07, 6.45) is 12.3. The van der Waals surface area contributed by atoms with E-state index in [1.165, 1.54) is 11.1 Å². The lowest BCUT2D eigenvalue weighted by atomic mass is 9.53. The number of fused-ring (bicyclic) bond motifs is 5. The van der Waals surface area contributed by atoms with Crippen molar-refractivity contribution in [2.45, 2.75) is 96.2 Å². The van der Waals surface area contributed by atoms with Crippen LogP contribution in [0.1, 0.15) is 56.1 Å². The van der Waals surface area contributed by atoms with E-state index < -0.39 is 22.2 Å². The predicted molar refractivity (Wildman–Crippen MR) is 138 cm³/mol. The van der Waals surface area contributed by atoms with Gasteiger partial charge in [-0.05, 0) is 113 Å². The molecule has 2 fully saturated rings. The van der Waals surface area contributed by atoms with E-state index in [4.69, 9.17) is 15.3 Å². The second-order valence-corrected chi connectivity index (χ2v) is 21.4. The fraction of sp³-hybridized carbons (Fsp3) is 0.692. The number of nitro benzene ring substituents is 1. The Bertz CT molecular complexity index is 1010. The van der Waals surface area contributed by atoms with Crippen LogP contribution in [0.15, 0.2) is 12.1 Å². The molecule has 0 aliphatic heterocycles. The third-order valence-electron chi connectivity index (χ3n) is 8.25. The first-order valence-corrected chi connectivity index (χ1v) is 19.2. The van der Waals surface area contributed by atoms with Gasteiger partial charge in [-0.25, -0.2) is 0 Å². The highest BCUT2D eigenvalue weighted by molar-refractivity contribution is 6.70. The van der Waals surface area contributed by atoms with E-state index in [0.717, 1.165) is 38.5 Å². The molecule has 180 valence electrons. The molecule has 0 bridgehead atoms. The van der Waals surface area contributed by atoms with Crippen molar-refractivity contribution in [2.75, 3.05) is 0 Å². The van der Waals surface area contributed by atoms with Crippen molar-refractivity contribution in [3.63, 3.8) is 0 Å². The molecule has 33 heavy (non-hydrogen) atoms. The van der Waals surface area contributed by atoms with Crippen molar-refractivity contribution in [1.29, 1.82) is 0 Å². The fourth-order valence-corrected chi connectivity index (χ4v) is 9.36. The van der Waals surface area contributed by atoms with Crippen molar-refractivity contribution in [1.82, 2.24) is 0 Å². The summed E-state index contributed by atoms with van der Waals surface area (Å²) in [6.45, 7) is 15.2. The maximum atomic E-state index is 12.0. The van der Waals surface area contributed by atoms with Crippen molar-refractivity contribution in [3.05, 3.63) is 33.4 Å². The summed E-state index contributed by atoms with van der Waals surface area (Å²) in [5, 5.41) is 12.0. The Morgan fingerprint density at radius 1 is 1.09 bits per heavy atom. The van der Waals surface area contributed by atoms with Crippen LogP contribution in [0.3, 0.4) is 0 Å². The molecule has 3 aliphatic carbocycles. The molecule has 0 saturated heterocycles. The largest absolute Gasteiger partial charge is 0.540 e. The molecule has 4 rings (SSSR count). The van der Waals surface area contributed by atoms with Gasteiger partial charge < -0.3 is 8.85 Å². The van der Waals surface area contributed by atoms with Crippen LogP contribution < -0.4 is 4.43 Å². The van der Waals surface area contributed by atoms with Crippen molar-refractivity contribution in [2.24, 2.45) is 17.3 Å². The van der Waals surface area contributed by atoms with E-state index >= 15 is 0 Å². The normalized spacial score (nSPS) is 33.5. The highest BCUT2D eigenvalue weighted by atomic mass is 28.4. The van der Waals surface area contributed by atoms with Gasteiger partial charge in [0.15, 0.2) is 14.1 Å². The number of hydrogen-bond donors (Lipinski definition) is 0. The van der Waals surface area contributed by atoms with Gasteiger partial charge in [0.2, 0.25) is 8.32 Å². The smallest absolute Gasteiger partial charge is 0.309 e. The maximum Gasteiger partial charge on any atom is 0.309 e. The van der Waals surface area contributed by atoms with Crippen LogP contribution in [0.4, 0.5) is 5.69 Å². The van der Waals surface area contributed by atoms with Crippen molar-refractivity contribution in [3.8, 4) is 18.1 Å². The second-order valence-electron chi connectivity index (χ2n) is 12.6. The molecule has 2 saturated carbocycles. The fourth-order valence-electron chi connectivity index (χ4n) is 7.10. The molecule has 0 aromatic heterocycles. The number of terminal acetylenes is 1. The average molecular weight is 486 g/mol. The first kappa shape index (κ1) is 24.5. The summed E-state index contributed by atoms with van der Waals surface area (Å²) in [4.78, 5) is 11.7. The van der Waals surface area contributed by atoms with Gasteiger partial charge in [-0.1, -0.05) is 12.8 Å². The van der Waals surface area contributed by atoms with E-state index in [9.17, 15) is 10.1 Å². The summed E-state index contributed by atoms with van der Waals surface area (Å²) >= 11 is 0. The third-order valence-corrected chi connectivity index (χ3v) is 10.0. The van der Waals surface area contributed by atoms with Gasteiger partial charge in [0.1, 0.15) is 5.60 Å². The highest BCUT2D eigenvalue weighted by Crippen LogP contribution is 2.65. The lowest BCUT2D eigenvalue weighted by Gasteiger charge is -2.54. The number of nitro groups is 1. The number of benzene rings is 1. The number of rotatable bonds is 5. The Morgan fingerprint density at radius 2 is 1.79 bits per heavy atom. The zero-order chi connectivity index (χ0) is 24.4. The molecule has 0 unspecified atom stereocenters.